The first-order valence-electron chi connectivity index (χ1n) is 9.72. The minimum absolute atomic E-state index is 0.00967. The minimum atomic E-state index is -3.88. The van der Waals surface area contributed by atoms with Crippen molar-refractivity contribution in [2.24, 2.45) is 0 Å². The molecule has 0 aliphatic carbocycles. The first-order chi connectivity index (χ1) is 15.2. The molecule has 1 aromatic heterocycles. The van der Waals surface area contributed by atoms with Crippen LogP contribution in [0.25, 0.3) is 11.1 Å². The van der Waals surface area contributed by atoms with Gasteiger partial charge in [-0.1, -0.05) is 35.3 Å². The standard InChI is InChI=1S/C22H19Cl2N3O3S2/c1-27-9-8-17(13-27)30-20-10-16(6-7-19(20)23)26-32(28,29)21-11-18(22(24)31-21)15-4-2-14(12-25)3-5-15/h2-7,10-11,17,26H,8-9,13H2,1H3/t17-/m1/s1. The molecule has 1 fully saturated rings. The van der Waals surface area contributed by atoms with Crippen LogP contribution in [0.15, 0.2) is 52.7 Å². The molecule has 0 spiro atoms. The molecule has 2 aromatic carbocycles. The molecule has 32 heavy (non-hydrogen) atoms. The molecule has 1 aliphatic rings. The van der Waals surface area contributed by atoms with Gasteiger partial charge >= 0.3 is 0 Å². The van der Waals surface area contributed by atoms with Gasteiger partial charge in [-0.15, -0.1) is 11.3 Å². The lowest BCUT2D eigenvalue weighted by atomic mass is 10.1. The lowest BCUT2D eigenvalue weighted by Gasteiger charge is -2.16. The van der Waals surface area contributed by atoms with E-state index in [2.05, 4.69) is 15.7 Å². The molecule has 1 atom stereocenters. The molecule has 1 aliphatic heterocycles. The number of hydrogen-bond donors (Lipinski definition) is 1. The summed E-state index contributed by atoms with van der Waals surface area (Å²) in [7, 11) is -1.85. The Hall–Kier alpha value is -2.28. The quantitative estimate of drug-likeness (QED) is 0.477. The second kappa shape index (κ2) is 9.30. The van der Waals surface area contributed by atoms with E-state index < -0.39 is 10.0 Å². The highest BCUT2D eigenvalue weighted by atomic mass is 35.5. The Bertz CT molecular complexity index is 1280. The number of nitrogens with zero attached hydrogens (tertiary/aromatic N) is 2. The molecule has 3 aromatic rings. The number of hydrogen-bond acceptors (Lipinski definition) is 6. The van der Waals surface area contributed by atoms with Crippen LogP contribution in [-0.4, -0.2) is 39.6 Å². The average Bonchev–Trinajstić information content (AvgIpc) is 3.36. The smallest absolute Gasteiger partial charge is 0.271 e. The number of likely N-dealkylation sites (tertiary alicyclic amines) is 1. The highest BCUT2D eigenvalue weighted by Gasteiger charge is 2.24. The fourth-order valence-corrected chi connectivity index (χ4v) is 6.41. The van der Waals surface area contributed by atoms with Crippen LogP contribution < -0.4 is 9.46 Å². The Morgan fingerprint density at radius 3 is 2.59 bits per heavy atom. The van der Waals surface area contributed by atoms with Crippen LogP contribution in [-0.2, 0) is 10.0 Å². The highest BCUT2D eigenvalue weighted by molar-refractivity contribution is 7.94. The normalized spacial score (nSPS) is 16.6. The van der Waals surface area contributed by atoms with E-state index in [1.165, 1.54) is 6.07 Å². The maximum atomic E-state index is 13.0. The molecule has 10 heteroatoms. The number of halogens is 2. The SMILES string of the molecule is CN1CC[C@@H](Oc2cc(NS(=O)(=O)c3cc(-c4ccc(C#N)cc4)c(Cl)s3)ccc2Cl)C1. The molecule has 4 rings (SSSR count). The Morgan fingerprint density at radius 2 is 1.94 bits per heavy atom. The zero-order valence-electron chi connectivity index (χ0n) is 17.0. The molecule has 0 bridgehead atoms. The van der Waals surface area contributed by atoms with Gasteiger partial charge in [0.15, 0.2) is 0 Å². The molecular weight excluding hydrogens is 489 g/mol. The molecule has 0 radical (unpaired) electrons. The molecule has 0 amide bonds. The van der Waals surface area contributed by atoms with Gasteiger partial charge in [-0.05, 0) is 49.4 Å². The summed E-state index contributed by atoms with van der Waals surface area (Å²) in [5, 5.41) is 9.37. The molecule has 6 nitrogen and oxygen atoms in total. The third kappa shape index (κ3) is 5.03. The number of ether oxygens (including phenoxy) is 1. The average molecular weight is 508 g/mol. The summed E-state index contributed by atoms with van der Waals surface area (Å²) in [4.78, 5) is 2.16. The van der Waals surface area contributed by atoms with Crippen LogP contribution in [0.1, 0.15) is 12.0 Å². The maximum absolute atomic E-state index is 13.0. The third-order valence-corrected chi connectivity index (χ3v) is 8.60. The number of anilines is 1. The van der Waals surface area contributed by atoms with Crippen molar-refractivity contribution in [1.82, 2.24) is 4.90 Å². The van der Waals surface area contributed by atoms with Crippen LogP contribution >= 0.6 is 34.5 Å². The summed E-state index contributed by atoms with van der Waals surface area (Å²) < 4.78 is 35.0. The number of rotatable bonds is 6. The number of nitriles is 1. The number of benzene rings is 2. The van der Waals surface area contributed by atoms with Crippen molar-refractivity contribution in [1.29, 1.82) is 5.26 Å². The van der Waals surface area contributed by atoms with Crippen LogP contribution in [0, 0.1) is 11.3 Å². The molecule has 166 valence electrons. The number of likely N-dealkylation sites (N-methyl/N-ethyl adjacent to an activating group) is 1. The van der Waals surface area contributed by atoms with Gasteiger partial charge in [-0.25, -0.2) is 8.42 Å². The first-order valence-corrected chi connectivity index (χ1v) is 12.8. The molecular formula is C22H19Cl2N3O3S2. The monoisotopic (exact) mass is 507 g/mol. The van der Waals surface area contributed by atoms with E-state index in [9.17, 15) is 8.42 Å². The Balaban J connectivity index is 1.55. The van der Waals surface area contributed by atoms with Gasteiger partial charge in [0, 0.05) is 24.7 Å². The van der Waals surface area contributed by atoms with E-state index in [1.807, 2.05) is 7.05 Å². The van der Waals surface area contributed by atoms with E-state index in [4.69, 9.17) is 33.2 Å². The minimum Gasteiger partial charge on any atom is -0.487 e. The summed E-state index contributed by atoms with van der Waals surface area (Å²) in [6, 6.07) is 15.2. The van der Waals surface area contributed by atoms with Crippen molar-refractivity contribution in [3.05, 3.63) is 63.5 Å². The van der Waals surface area contributed by atoms with Crippen LogP contribution in [0.2, 0.25) is 9.36 Å². The number of thiophene rings is 1. The van der Waals surface area contributed by atoms with E-state index in [0.717, 1.165) is 36.4 Å². The third-order valence-electron chi connectivity index (χ3n) is 5.08. The molecule has 2 heterocycles. The summed E-state index contributed by atoms with van der Waals surface area (Å²) in [6.07, 6.45) is 0.893. The highest BCUT2D eigenvalue weighted by Crippen LogP contribution is 2.39. The molecule has 0 saturated carbocycles. The van der Waals surface area contributed by atoms with Crippen molar-refractivity contribution in [3.8, 4) is 22.9 Å². The van der Waals surface area contributed by atoms with Crippen LogP contribution in [0.5, 0.6) is 5.75 Å². The predicted octanol–water partition coefficient (Wildman–Crippen LogP) is 5.48. The molecule has 1 saturated heterocycles. The van der Waals surface area contributed by atoms with Gasteiger partial charge in [-0.2, -0.15) is 5.26 Å². The van der Waals surface area contributed by atoms with Gasteiger partial charge in [0.25, 0.3) is 10.0 Å². The summed E-state index contributed by atoms with van der Waals surface area (Å²) in [6.45, 7) is 1.73. The Morgan fingerprint density at radius 1 is 1.19 bits per heavy atom. The summed E-state index contributed by atoms with van der Waals surface area (Å²) >= 11 is 13.6. The van der Waals surface area contributed by atoms with Crippen LogP contribution in [0.4, 0.5) is 5.69 Å². The van der Waals surface area contributed by atoms with E-state index in [1.54, 1.807) is 42.5 Å². The summed E-state index contributed by atoms with van der Waals surface area (Å²) in [5.41, 5.74) is 2.18. The van der Waals surface area contributed by atoms with Gasteiger partial charge in [0.1, 0.15) is 20.4 Å². The van der Waals surface area contributed by atoms with Gasteiger partial charge in [0.05, 0.1) is 22.3 Å². The maximum Gasteiger partial charge on any atom is 0.271 e. The van der Waals surface area contributed by atoms with Crippen molar-refractivity contribution in [2.75, 3.05) is 24.9 Å². The van der Waals surface area contributed by atoms with E-state index >= 15 is 0 Å². The first kappa shape index (κ1) is 22.9. The van der Waals surface area contributed by atoms with Gasteiger partial charge in [-0.3, -0.25) is 4.72 Å². The lowest BCUT2D eigenvalue weighted by Crippen LogP contribution is -2.21. The second-order valence-electron chi connectivity index (χ2n) is 7.48. The van der Waals surface area contributed by atoms with Crippen molar-refractivity contribution in [3.63, 3.8) is 0 Å². The fourth-order valence-electron chi connectivity index (χ4n) is 3.43. The number of sulfonamides is 1. The topological polar surface area (TPSA) is 82.4 Å². The van der Waals surface area contributed by atoms with Gasteiger partial charge in [0.2, 0.25) is 0 Å². The van der Waals surface area contributed by atoms with Crippen molar-refractivity contribution < 1.29 is 13.2 Å². The second-order valence-corrected chi connectivity index (χ2v) is 11.5. The van der Waals surface area contributed by atoms with E-state index in [0.29, 0.717) is 31.9 Å². The summed E-state index contributed by atoms with van der Waals surface area (Å²) in [5.74, 6) is 0.439. The zero-order valence-corrected chi connectivity index (χ0v) is 20.2. The van der Waals surface area contributed by atoms with Crippen molar-refractivity contribution >= 4 is 50.2 Å². The fraction of sp³-hybridized carbons (Fsp3) is 0.227. The predicted molar refractivity (Wildman–Crippen MR) is 128 cm³/mol. The van der Waals surface area contributed by atoms with E-state index in [-0.39, 0.29) is 10.3 Å². The Kier molecular flexibility index (Phi) is 6.65. The Labute approximate surface area is 201 Å². The number of nitrogens with one attached hydrogen (secondary N) is 1. The van der Waals surface area contributed by atoms with Gasteiger partial charge < -0.3 is 9.64 Å². The van der Waals surface area contributed by atoms with Crippen LogP contribution in [0.3, 0.4) is 0 Å². The lowest BCUT2D eigenvalue weighted by molar-refractivity contribution is 0.208. The zero-order chi connectivity index (χ0) is 22.9. The molecule has 1 N–H and O–H groups in total. The van der Waals surface area contributed by atoms with Crippen molar-refractivity contribution in [2.45, 2.75) is 16.7 Å². The molecule has 0 unspecified atom stereocenters. The largest absolute Gasteiger partial charge is 0.487 e.